The highest BCUT2D eigenvalue weighted by molar-refractivity contribution is 5.84. The minimum atomic E-state index is 0.526. The molecule has 0 saturated carbocycles. The van der Waals surface area contributed by atoms with E-state index in [-0.39, 0.29) is 0 Å². The molecular formula is C15H22N2. The number of hydrogen-bond acceptors (Lipinski definition) is 1. The molecule has 0 amide bonds. The molecule has 0 spiro atoms. The Morgan fingerprint density at radius 2 is 2.00 bits per heavy atom. The first-order chi connectivity index (χ1) is 8.24. The van der Waals surface area contributed by atoms with Gasteiger partial charge in [0.15, 0.2) is 0 Å². The van der Waals surface area contributed by atoms with Gasteiger partial charge in [-0.1, -0.05) is 18.2 Å². The molecule has 0 fully saturated rings. The summed E-state index contributed by atoms with van der Waals surface area (Å²) in [5.74, 6) is 0. The van der Waals surface area contributed by atoms with E-state index in [2.05, 4.69) is 54.2 Å². The molecule has 2 rings (SSSR count). The van der Waals surface area contributed by atoms with E-state index in [1.54, 1.807) is 0 Å². The van der Waals surface area contributed by atoms with Crippen LogP contribution < -0.4 is 5.32 Å². The quantitative estimate of drug-likeness (QED) is 0.779. The third-order valence-electron chi connectivity index (χ3n) is 3.25. The van der Waals surface area contributed by atoms with Gasteiger partial charge in [-0.05, 0) is 51.9 Å². The smallest absolute Gasteiger partial charge is 0.0485 e. The Hall–Kier alpha value is -1.28. The minimum absolute atomic E-state index is 0.526. The average Bonchev–Trinajstić information content (AvgIpc) is 2.69. The van der Waals surface area contributed by atoms with Crippen molar-refractivity contribution in [2.45, 2.75) is 32.7 Å². The highest BCUT2D eigenvalue weighted by Crippen LogP contribution is 2.25. The monoisotopic (exact) mass is 230 g/mol. The van der Waals surface area contributed by atoms with Crippen molar-refractivity contribution >= 4 is 10.9 Å². The lowest BCUT2D eigenvalue weighted by Gasteiger charge is -2.08. The summed E-state index contributed by atoms with van der Waals surface area (Å²) in [6.07, 6.45) is 4.68. The van der Waals surface area contributed by atoms with Gasteiger partial charge in [-0.25, -0.2) is 0 Å². The number of benzene rings is 1. The zero-order valence-electron chi connectivity index (χ0n) is 11.0. The molecule has 1 heterocycles. The van der Waals surface area contributed by atoms with Gasteiger partial charge in [-0.3, -0.25) is 0 Å². The minimum Gasteiger partial charge on any atom is -0.345 e. The number of hydrogen-bond donors (Lipinski definition) is 1. The van der Waals surface area contributed by atoms with Crippen LogP contribution in [0.2, 0.25) is 0 Å². The number of fused-ring (bicyclic) bond motifs is 1. The molecule has 0 aliphatic carbocycles. The molecule has 2 aromatic rings. The van der Waals surface area contributed by atoms with Crippen LogP contribution in [0.1, 0.15) is 31.9 Å². The molecule has 1 aromatic heterocycles. The van der Waals surface area contributed by atoms with Crippen LogP contribution in [0.3, 0.4) is 0 Å². The van der Waals surface area contributed by atoms with E-state index in [4.69, 9.17) is 0 Å². The zero-order valence-corrected chi connectivity index (χ0v) is 11.0. The molecular weight excluding hydrogens is 208 g/mol. The van der Waals surface area contributed by atoms with E-state index in [1.807, 2.05) is 7.05 Å². The lowest BCUT2D eigenvalue weighted by molar-refractivity contribution is 0.619. The van der Waals surface area contributed by atoms with Gasteiger partial charge in [-0.2, -0.15) is 0 Å². The molecule has 0 unspecified atom stereocenters. The Kier molecular flexibility index (Phi) is 3.85. The predicted octanol–water partition coefficient (Wildman–Crippen LogP) is 3.37. The van der Waals surface area contributed by atoms with Crippen molar-refractivity contribution in [1.29, 1.82) is 0 Å². The fourth-order valence-electron chi connectivity index (χ4n) is 2.36. The Labute approximate surface area is 104 Å². The van der Waals surface area contributed by atoms with E-state index in [9.17, 15) is 0 Å². The summed E-state index contributed by atoms with van der Waals surface area (Å²) >= 11 is 0. The van der Waals surface area contributed by atoms with Crippen molar-refractivity contribution in [3.8, 4) is 0 Å². The second-order valence-corrected chi connectivity index (χ2v) is 4.88. The highest BCUT2D eigenvalue weighted by Gasteiger charge is 2.09. The van der Waals surface area contributed by atoms with Crippen molar-refractivity contribution in [3.05, 3.63) is 36.0 Å². The predicted molar refractivity (Wildman–Crippen MR) is 74.6 cm³/mol. The second-order valence-electron chi connectivity index (χ2n) is 4.88. The molecule has 1 N–H and O–H groups in total. The van der Waals surface area contributed by atoms with Crippen molar-refractivity contribution in [2.75, 3.05) is 13.6 Å². The average molecular weight is 230 g/mol. The Morgan fingerprint density at radius 3 is 2.71 bits per heavy atom. The first-order valence-corrected chi connectivity index (χ1v) is 6.47. The summed E-state index contributed by atoms with van der Waals surface area (Å²) in [5, 5.41) is 4.62. The molecule has 0 aliphatic heterocycles. The van der Waals surface area contributed by atoms with E-state index in [0.717, 1.165) is 13.0 Å². The van der Waals surface area contributed by atoms with Gasteiger partial charge < -0.3 is 9.88 Å². The van der Waals surface area contributed by atoms with Gasteiger partial charge in [0.1, 0.15) is 0 Å². The largest absolute Gasteiger partial charge is 0.345 e. The molecule has 2 nitrogen and oxygen atoms in total. The van der Waals surface area contributed by atoms with Gasteiger partial charge in [-0.15, -0.1) is 0 Å². The lowest BCUT2D eigenvalue weighted by atomic mass is 10.1. The summed E-state index contributed by atoms with van der Waals surface area (Å²) in [5.41, 5.74) is 2.84. The van der Waals surface area contributed by atoms with E-state index >= 15 is 0 Å². The van der Waals surface area contributed by atoms with Crippen LogP contribution in [0.15, 0.2) is 30.5 Å². The summed E-state index contributed by atoms with van der Waals surface area (Å²) in [6.45, 7) is 5.56. The molecule has 17 heavy (non-hydrogen) atoms. The van der Waals surface area contributed by atoms with Crippen molar-refractivity contribution < 1.29 is 0 Å². The lowest BCUT2D eigenvalue weighted by Crippen LogP contribution is -2.08. The van der Waals surface area contributed by atoms with Crippen LogP contribution in [-0.2, 0) is 6.42 Å². The SMILES string of the molecule is CNCCCc1cn(C(C)C)c2ccccc12. The maximum absolute atomic E-state index is 3.21. The number of aryl methyl sites for hydroxylation is 1. The number of para-hydroxylation sites is 1. The highest BCUT2D eigenvalue weighted by atomic mass is 15.0. The van der Waals surface area contributed by atoms with Gasteiger partial charge in [0.2, 0.25) is 0 Å². The van der Waals surface area contributed by atoms with Gasteiger partial charge in [0, 0.05) is 23.1 Å². The summed E-state index contributed by atoms with van der Waals surface area (Å²) < 4.78 is 2.38. The Balaban J connectivity index is 2.35. The summed E-state index contributed by atoms with van der Waals surface area (Å²) in [4.78, 5) is 0. The number of aromatic nitrogens is 1. The maximum Gasteiger partial charge on any atom is 0.0485 e. The van der Waals surface area contributed by atoms with Gasteiger partial charge in [0.25, 0.3) is 0 Å². The molecule has 0 bridgehead atoms. The molecule has 0 radical (unpaired) electrons. The van der Waals surface area contributed by atoms with Crippen molar-refractivity contribution in [3.63, 3.8) is 0 Å². The van der Waals surface area contributed by atoms with Crippen LogP contribution in [0.5, 0.6) is 0 Å². The fourth-order valence-corrected chi connectivity index (χ4v) is 2.36. The first kappa shape index (κ1) is 12.2. The third kappa shape index (κ3) is 2.52. The van der Waals surface area contributed by atoms with E-state index in [0.29, 0.717) is 6.04 Å². The molecule has 0 aliphatic rings. The van der Waals surface area contributed by atoms with E-state index < -0.39 is 0 Å². The number of nitrogens with one attached hydrogen (secondary N) is 1. The van der Waals surface area contributed by atoms with Crippen LogP contribution >= 0.6 is 0 Å². The first-order valence-electron chi connectivity index (χ1n) is 6.47. The number of nitrogens with zero attached hydrogens (tertiary/aromatic N) is 1. The van der Waals surface area contributed by atoms with Gasteiger partial charge in [0.05, 0.1) is 0 Å². The normalized spacial score (nSPS) is 11.5. The molecule has 0 saturated heterocycles. The maximum atomic E-state index is 3.21. The van der Waals surface area contributed by atoms with Crippen LogP contribution in [0.25, 0.3) is 10.9 Å². The van der Waals surface area contributed by atoms with Crippen LogP contribution in [0, 0.1) is 0 Å². The van der Waals surface area contributed by atoms with Crippen molar-refractivity contribution in [2.24, 2.45) is 0 Å². The molecule has 0 atom stereocenters. The molecule has 92 valence electrons. The zero-order chi connectivity index (χ0) is 12.3. The Bertz CT molecular complexity index is 483. The summed E-state index contributed by atoms with van der Waals surface area (Å²) in [6, 6.07) is 9.24. The second kappa shape index (κ2) is 5.37. The molecule has 2 heteroatoms. The number of rotatable bonds is 5. The standard InChI is InChI=1S/C15H22N2/c1-12(2)17-11-13(7-6-10-16-3)14-8-4-5-9-15(14)17/h4-5,8-9,11-12,16H,6-7,10H2,1-3H3. The van der Waals surface area contributed by atoms with Crippen molar-refractivity contribution in [1.82, 2.24) is 9.88 Å². The summed E-state index contributed by atoms with van der Waals surface area (Å²) in [7, 11) is 2.01. The van der Waals surface area contributed by atoms with Crippen LogP contribution in [0.4, 0.5) is 0 Å². The fraction of sp³-hybridized carbons (Fsp3) is 0.467. The molecule has 1 aromatic carbocycles. The third-order valence-corrected chi connectivity index (χ3v) is 3.25. The van der Waals surface area contributed by atoms with Gasteiger partial charge >= 0.3 is 0 Å². The van der Waals surface area contributed by atoms with E-state index in [1.165, 1.54) is 22.9 Å². The Morgan fingerprint density at radius 1 is 1.24 bits per heavy atom. The topological polar surface area (TPSA) is 17.0 Å². The van der Waals surface area contributed by atoms with Crippen LogP contribution in [-0.4, -0.2) is 18.2 Å².